The molecule has 5 rings (SSSR count). The molecule has 1 saturated heterocycles. The second kappa shape index (κ2) is 9.65. The van der Waals surface area contributed by atoms with Crippen LogP contribution in [0.5, 0.6) is 0 Å². The van der Waals surface area contributed by atoms with Gasteiger partial charge in [-0.1, -0.05) is 41.6 Å². The average molecular weight is 531 g/mol. The largest absolute Gasteiger partial charge is 0.360 e. The van der Waals surface area contributed by atoms with Crippen LogP contribution < -0.4 is 0 Å². The first-order valence-corrected chi connectivity index (χ1v) is 14.2. The summed E-state index contributed by atoms with van der Waals surface area (Å²) in [7, 11) is -3.25. The lowest BCUT2D eigenvalue weighted by molar-refractivity contribution is -0.129. The van der Waals surface area contributed by atoms with Gasteiger partial charge in [0.2, 0.25) is 15.9 Å². The number of carbonyl (C=O) groups excluding carboxylic acids is 1. The number of fused-ring (bicyclic) bond motifs is 1. The van der Waals surface area contributed by atoms with Crippen molar-refractivity contribution in [3.63, 3.8) is 0 Å². The van der Waals surface area contributed by atoms with Crippen molar-refractivity contribution in [3.05, 3.63) is 59.8 Å². The number of aromatic nitrogens is 4. The zero-order chi connectivity index (χ0) is 24.6. The Morgan fingerprint density at radius 2 is 1.77 bits per heavy atom. The van der Waals surface area contributed by atoms with Crippen LogP contribution in [0, 0.1) is 0 Å². The Bertz CT molecular complexity index is 1470. The van der Waals surface area contributed by atoms with Crippen molar-refractivity contribution < 1.29 is 13.2 Å². The van der Waals surface area contributed by atoms with Gasteiger partial charge in [-0.3, -0.25) is 9.36 Å². The second-order valence-electron chi connectivity index (χ2n) is 8.20. The molecule has 0 unspecified atom stereocenters. The Balaban J connectivity index is 1.41. The van der Waals surface area contributed by atoms with E-state index in [1.807, 2.05) is 47.2 Å². The summed E-state index contributed by atoms with van der Waals surface area (Å²) in [6, 6.07) is 15.3. The number of amides is 1. The monoisotopic (exact) mass is 530 g/mol. The Kier molecular flexibility index (Phi) is 6.58. The first-order valence-electron chi connectivity index (χ1n) is 10.9. The molecule has 1 aliphatic heterocycles. The van der Waals surface area contributed by atoms with E-state index in [0.29, 0.717) is 42.2 Å². The molecule has 0 aliphatic carbocycles. The second-order valence-corrected chi connectivity index (χ2v) is 11.6. The van der Waals surface area contributed by atoms with Crippen molar-refractivity contribution in [2.45, 2.75) is 5.16 Å². The molecule has 3 heterocycles. The van der Waals surface area contributed by atoms with Gasteiger partial charge in [-0.25, -0.2) is 8.42 Å². The Morgan fingerprint density at radius 3 is 2.49 bits per heavy atom. The number of hydrogen-bond donors (Lipinski definition) is 1. The summed E-state index contributed by atoms with van der Waals surface area (Å²) >= 11 is 7.42. The number of nitrogens with one attached hydrogen (secondary N) is 1. The number of carbonyl (C=O) groups is 1. The number of hydrogen-bond acceptors (Lipinski definition) is 6. The molecule has 2 aromatic carbocycles. The highest BCUT2D eigenvalue weighted by Gasteiger charge is 2.27. The van der Waals surface area contributed by atoms with Gasteiger partial charge in [0, 0.05) is 59.6 Å². The van der Waals surface area contributed by atoms with E-state index in [-0.39, 0.29) is 11.7 Å². The summed E-state index contributed by atoms with van der Waals surface area (Å²) in [6.07, 6.45) is 3.09. The highest BCUT2D eigenvalue weighted by Crippen LogP contribution is 2.32. The number of para-hydroxylation sites is 1. The first kappa shape index (κ1) is 23.9. The maximum Gasteiger partial charge on any atom is 0.233 e. The van der Waals surface area contributed by atoms with Gasteiger partial charge in [-0.05, 0) is 30.3 Å². The SMILES string of the molecule is CS(=O)(=O)N1CCN(C(=O)CSc2nnc(-c3c[nH]c4ccccc34)n2-c2ccc(Cl)cc2)CC1. The number of H-pyrrole nitrogens is 1. The van der Waals surface area contributed by atoms with Crippen LogP contribution in [0.3, 0.4) is 0 Å². The highest BCUT2D eigenvalue weighted by atomic mass is 35.5. The van der Waals surface area contributed by atoms with Crippen LogP contribution in [-0.4, -0.2) is 81.5 Å². The summed E-state index contributed by atoms with van der Waals surface area (Å²) in [4.78, 5) is 17.9. The molecule has 1 fully saturated rings. The molecule has 4 aromatic rings. The highest BCUT2D eigenvalue weighted by molar-refractivity contribution is 7.99. The standard InChI is InChI=1S/C23H23ClN6O3S2/c1-35(32,33)29-12-10-28(11-13-29)21(31)15-34-23-27-26-22(30(23)17-8-6-16(24)7-9-17)19-14-25-20-5-3-2-4-18(19)20/h2-9,14,25H,10-13,15H2,1H3. The summed E-state index contributed by atoms with van der Waals surface area (Å²) < 4.78 is 26.8. The molecular formula is C23H23ClN6O3S2. The third-order valence-corrected chi connectivity index (χ3v) is 8.40. The molecule has 1 N–H and O–H groups in total. The van der Waals surface area contributed by atoms with E-state index in [0.717, 1.165) is 22.2 Å². The fourth-order valence-electron chi connectivity index (χ4n) is 4.10. The molecule has 1 aliphatic rings. The van der Waals surface area contributed by atoms with Gasteiger partial charge in [0.25, 0.3) is 0 Å². The number of aromatic amines is 1. The molecule has 0 bridgehead atoms. The molecular weight excluding hydrogens is 508 g/mol. The van der Waals surface area contributed by atoms with Gasteiger partial charge in [0.15, 0.2) is 11.0 Å². The smallest absolute Gasteiger partial charge is 0.233 e. The molecule has 2 aromatic heterocycles. The van der Waals surface area contributed by atoms with Crippen molar-refractivity contribution >= 4 is 50.2 Å². The molecule has 0 saturated carbocycles. The molecule has 182 valence electrons. The minimum Gasteiger partial charge on any atom is -0.360 e. The van der Waals surface area contributed by atoms with Gasteiger partial charge in [0.1, 0.15) is 0 Å². The van der Waals surface area contributed by atoms with Crippen LogP contribution in [0.25, 0.3) is 28.0 Å². The van der Waals surface area contributed by atoms with Crippen molar-refractivity contribution in [2.75, 3.05) is 38.2 Å². The Morgan fingerprint density at radius 1 is 1.06 bits per heavy atom. The van der Waals surface area contributed by atoms with E-state index in [1.54, 1.807) is 17.0 Å². The van der Waals surface area contributed by atoms with E-state index >= 15 is 0 Å². The maximum absolute atomic E-state index is 12.9. The first-order chi connectivity index (χ1) is 16.8. The minimum atomic E-state index is -3.25. The van der Waals surface area contributed by atoms with E-state index < -0.39 is 10.0 Å². The zero-order valence-corrected chi connectivity index (χ0v) is 21.3. The van der Waals surface area contributed by atoms with Crippen molar-refractivity contribution in [1.82, 2.24) is 29.0 Å². The lowest BCUT2D eigenvalue weighted by atomic mass is 10.1. The molecule has 9 nitrogen and oxygen atoms in total. The molecule has 1 amide bonds. The van der Waals surface area contributed by atoms with Gasteiger partial charge < -0.3 is 9.88 Å². The number of piperazine rings is 1. The van der Waals surface area contributed by atoms with Crippen molar-refractivity contribution in [2.24, 2.45) is 0 Å². The summed E-state index contributed by atoms with van der Waals surface area (Å²) in [6.45, 7) is 1.36. The molecule has 0 atom stereocenters. The summed E-state index contributed by atoms with van der Waals surface area (Å²) in [5, 5.41) is 11.1. The van der Waals surface area contributed by atoms with Gasteiger partial charge >= 0.3 is 0 Å². The fourth-order valence-corrected chi connectivity index (χ4v) is 5.91. The topological polar surface area (TPSA) is 104 Å². The van der Waals surface area contributed by atoms with Gasteiger partial charge in [-0.15, -0.1) is 10.2 Å². The normalized spacial score (nSPS) is 15.1. The van der Waals surface area contributed by atoms with Crippen LogP contribution in [0.2, 0.25) is 5.02 Å². The van der Waals surface area contributed by atoms with Gasteiger partial charge in [0.05, 0.1) is 12.0 Å². The quantitative estimate of drug-likeness (QED) is 0.384. The van der Waals surface area contributed by atoms with Crippen LogP contribution in [0.15, 0.2) is 59.9 Å². The summed E-state index contributed by atoms with van der Waals surface area (Å²) in [5.41, 5.74) is 2.72. The van der Waals surface area contributed by atoms with E-state index in [4.69, 9.17) is 11.6 Å². The number of thioether (sulfide) groups is 1. The summed E-state index contributed by atoms with van der Waals surface area (Å²) in [5.74, 6) is 0.752. The van der Waals surface area contributed by atoms with Gasteiger partial charge in [-0.2, -0.15) is 4.31 Å². The average Bonchev–Trinajstić information content (AvgIpc) is 3.46. The fraction of sp³-hybridized carbons (Fsp3) is 0.261. The van der Waals surface area contributed by atoms with E-state index in [2.05, 4.69) is 15.2 Å². The van der Waals surface area contributed by atoms with Crippen LogP contribution in [0.1, 0.15) is 0 Å². The number of nitrogens with zero attached hydrogens (tertiary/aromatic N) is 5. The van der Waals surface area contributed by atoms with Crippen LogP contribution in [-0.2, 0) is 14.8 Å². The lowest BCUT2D eigenvalue weighted by Crippen LogP contribution is -2.50. The molecule has 12 heteroatoms. The van der Waals surface area contributed by atoms with Crippen molar-refractivity contribution in [1.29, 1.82) is 0 Å². The third-order valence-electron chi connectivity index (χ3n) is 5.93. The predicted octanol–water partition coefficient (Wildman–Crippen LogP) is 3.26. The zero-order valence-electron chi connectivity index (χ0n) is 18.9. The maximum atomic E-state index is 12.9. The number of rotatable bonds is 6. The third kappa shape index (κ3) is 4.94. The Labute approximate surface area is 212 Å². The molecule has 35 heavy (non-hydrogen) atoms. The number of benzene rings is 2. The molecule has 0 radical (unpaired) electrons. The number of halogens is 1. The lowest BCUT2D eigenvalue weighted by Gasteiger charge is -2.33. The van der Waals surface area contributed by atoms with E-state index in [1.165, 1.54) is 22.3 Å². The van der Waals surface area contributed by atoms with Crippen LogP contribution >= 0.6 is 23.4 Å². The predicted molar refractivity (Wildman–Crippen MR) is 137 cm³/mol. The van der Waals surface area contributed by atoms with Crippen molar-refractivity contribution in [3.8, 4) is 17.1 Å². The Hall–Kier alpha value is -2.86. The molecule has 0 spiro atoms. The minimum absolute atomic E-state index is 0.0672. The van der Waals surface area contributed by atoms with Crippen LogP contribution in [0.4, 0.5) is 0 Å². The number of sulfonamides is 1. The van der Waals surface area contributed by atoms with E-state index in [9.17, 15) is 13.2 Å².